The maximum Gasteiger partial charge on any atom is 0.0642 e. The van der Waals surface area contributed by atoms with E-state index in [1.165, 1.54) is 16.8 Å². The van der Waals surface area contributed by atoms with Crippen LogP contribution in [-0.4, -0.2) is 42.1 Å². The number of rotatable bonds is 6. The highest BCUT2D eigenvalue weighted by Crippen LogP contribution is 2.21. The largest absolute Gasteiger partial charge is 0.378 e. The molecule has 1 aromatic carbocycles. The third-order valence-corrected chi connectivity index (χ3v) is 4.21. The van der Waals surface area contributed by atoms with Gasteiger partial charge in [0.1, 0.15) is 0 Å². The summed E-state index contributed by atoms with van der Waals surface area (Å²) in [5.74, 6) is 0. The Kier molecular flexibility index (Phi) is 5.31. The fraction of sp³-hybridized carbons (Fsp3) is 0.500. The van der Waals surface area contributed by atoms with Gasteiger partial charge in [0.2, 0.25) is 0 Å². The summed E-state index contributed by atoms with van der Waals surface area (Å²) in [6.45, 7) is 9.60. The summed E-state index contributed by atoms with van der Waals surface area (Å²) in [4.78, 5) is 2.42. The van der Waals surface area contributed by atoms with Crippen LogP contribution in [0.2, 0.25) is 0 Å². The smallest absolute Gasteiger partial charge is 0.0642 e. The van der Waals surface area contributed by atoms with Crippen molar-refractivity contribution in [2.75, 3.05) is 31.2 Å². The summed E-state index contributed by atoms with van der Waals surface area (Å²) in [6.07, 6.45) is 3.99. The number of nitrogens with one attached hydrogen (secondary N) is 1. The van der Waals surface area contributed by atoms with Crippen molar-refractivity contribution in [1.29, 1.82) is 0 Å². The molecular formula is C18H26N4O. The molecule has 1 fully saturated rings. The van der Waals surface area contributed by atoms with Gasteiger partial charge < -0.3 is 15.0 Å². The highest BCUT2D eigenvalue weighted by atomic mass is 16.5. The van der Waals surface area contributed by atoms with Crippen LogP contribution < -0.4 is 10.2 Å². The Balaban J connectivity index is 1.59. The first-order chi connectivity index (χ1) is 11.2. The number of morpholine rings is 1. The van der Waals surface area contributed by atoms with Gasteiger partial charge in [-0.2, -0.15) is 5.10 Å². The third-order valence-electron chi connectivity index (χ3n) is 4.21. The van der Waals surface area contributed by atoms with Crippen LogP contribution in [0.4, 0.5) is 5.69 Å². The molecule has 1 aliphatic rings. The number of anilines is 1. The van der Waals surface area contributed by atoms with E-state index in [4.69, 9.17) is 4.74 Å². The van der Waals surface area contributed by atoms with Crippen LogP contribution in [0, 0.1) is 6.92 Å². The van der Waals surface area contributed by atoms with Gasteiger partial charge in [0.05, 0.1) is 26.0 Å². The number of ether oxygens (including phenoxy) is 1. The number of aromatic nitrogens is 2. The van der Waals surface area contributed by atoms with Crippen LogP contribution in [0.25, 0.3) is 0 Å². The number of para-hydroxylation sites is 1. The Hall–Kier alpha value is -1.85. The number of hydrogen-bond donors (Lipinski definition) is 1. The number of benzene rings is 1. The van der Waals surface area contributed by atoms with Crippen molar-refractivity contribution in [3.05, 3.63) is 47.8 Å². The molecule has 0 saturated carbocycles. The zero-order valence-corrected chi connectivity index (χ0v) is 14.0. The van der Waals surface area contributed by atoms with E-state index in [0.717, 1.165) is 39.4 Å². The fourth-order valence-electron chi connectivity index (χ4n) is 2.97. The highest BCUT2D eigenvalue weighted by Gasteiger charge is 2.14. The molecule has 2 aromatic rings. The first-order valence-electron chi connectivity index (χ1n) is 8.35. The van der Waals surface area contributed by atoms with Gasteiger partial charge in [0.25, 0.3) is 0 Å². The summed E-state index contributed by atoms with van der Waals surface area (Å²) < 4.78 is 7.46. The van der Waals surface area contributed by atoms with Crippen molar-refractivity contribution in [2.24, 2.45) is 0 Å². The molecule has 2 heterocycles. The van der Waals surface area contributed by atoms with E-state index in [2.05, 4.69) is 59.6 Å². The average Bonchev–Trinajstić information content (AvgIpc) is 2.99. The van der Waals surface area contributed by atoms with Crippen LogP contribution in [-0.2, 0) is 17.8 Å². The van der Waals surface area contributed by atoms with Gasteiger partial charge in [-0.1, -0.05) is 18.2 Å². The minimum Gasteiger partial charge on any atom is -0.378 e. The molecule has 1 atom stereocenters. The van der Waals surface area contributed by atoms with E-state index in [-0.39, 0.29) is 0 Å². The van der Waals surface area contributed by atoms with E-state index in [9.17, 15) is 0 Å². The minimum atomic E-state index is 0.368. The highest BCUT2D eigenvalue weighted by molar-refractivity contribution is 5.53. The SMILES string of the molecule is Cc1cnn(C[C@H](C)NCc2ccccc2N2CCOCC2)c1. The fourth-order valence-corrected chi connectivity index (χ4v) is 2.97. The van der Waals surface area contributed by atoms with Gasteiger partial charge in [0, 0.05) is 37.6 Å². The molecule has 0 spiro atoms. The summed E-state index contributed by atoms with van der Waals surface area (Å²) >= 11 is 0. The average molecular weight is 314 g/mol. The van der Waals surface area contributed by atoms with Crippen molar-refractivity contribution >= 4 is 5.69 Å². The molecule has 0 aliphatic carbocycles. The van der Waals surface area contributed by atoms with Gasteiger partial charge in [0.15, 0.2) is 0 Å². The van der Waals surface area contributed by atoms with Gasteiger partial charge in [-0.15, -0.1) is 0 Å². The molecule has 124 valence electrons. The standard InChI is InChI=1S/C18H26N4O/c1-15-11-20-22(13-15)14-16(2)19-12-17-5-3-4-6-18(17)21-7-9-23-10-8-21/h3-6,11,13,16,19H,7-10,12,14H2,1-2H3/t16-/m0/s1. The molecule has 0 amide bonds. The molecule has 5 heteroatoms. The zero-order chi connectivity index (χ0) is 16.1. The maximum absolute atomic E-state index is 5.46. The molecule has 1 aliphatic heterocycles. The van der Waals surface area contributed by atoms with Crippen LogP contribution in [0.5, 0.6) is 0 Å². The molecule has 5 nitrogen and oxygen atoms in total. The Morgan fingerprint density at radius 2 is 2.04 bits per heavy atom. The Morgan fingerprint density at radius 3 is 2.78 bits per heavy atom. The number of aryl methyl sites for hydroxylation is 1. The molecule has 1 aromatic heterocycles. The lowest BCUT2D eigenvalue weighted by molar-refractivity contribution is 0.122. The van der Waals surface area contributed by atoms with Crippen LogP contribution in [0.1, 0.15) is 18.1 Å². The van der Waals surface area contributed by atoms with Crippen LogP contribution in [0.15, 0.2) is 36.7 Å². The van der Waals surface area contributed by atoms with Gasteiger partial charge in [-0.25, -0.2) is 0 Å². The number of nitrogens with zero attached hydrogens (tertiary/aromatic N) is 3. The minimum absolute atomic E-state index is 0.368. The third kappa shape index (κ3) is 4.33. The predicted molar refractivity (Wildman–Crippen MR) is 92.7 cm³/mol. The second-order valence-corrected chi connectivity index (χ2v) is 6.25. The Bertz CT molecular complexity index is 619. The van der Waals surface area contributed by atoms with Crippen molar-refractivity contribution in [3.8, 4) is 0 Å². The topological polar surface area (TPSA) is 42.3 Å². The van der Waals surface area contributed by atoms with Crippen LogP contribution >= 0.6 is 0 Å². The van der Waals surface area contributed by atoms with E-state index in [1.54, 1.807) is 0 Å². The second-order valence-electron chi connectivity index (χ2n) is 6.25. The monoisotopic (exact) mass is 314 g/mol. The first kappa shape index (κ1) is 16.0. The van der Waals surface area contributed by atoms with Crippen molar-refractivity contribution in [3.63, 3.8) is 0 Å². The first-order valence-corrected chi connectivity index (χ1v) is 8.35. The molecular weight excluding hydrogens is 288 g/mol. The Labute approximate surface area is 138 Å². The van der Waals surface area contributed by atoms with E-state index >= 15 is 0 Å². The molecule has 0 radical (unpaired) electrons. The van der Waals surface area contributed by atoms with Crippen molar-refractivity contribution < 1.29 is 4.74 Å². The predicted octanol–water partition coefficient (Wildman–Crippen LogP) is 2.21. The molecule has 0 bridgehead atoms. The van der Waals surface area contributed by atoms with E-state index in [1.807, 2.05) is 10.9 Å². The summed E-state index contributed by atoms with van der Waals surface area (Å²) in [7, 11) is 0. The van der Waals surface area contributed by atoms with Gasteiger partial charge >= 0.3 is 0 Å². The van der Waals surface area contributed by atoms with E-state index in [0.29, 0.717) is 6.04 Å². The zero-order valence-electron chi connectivity index (χ0n) is 14.0. The van der Waals surface area contributed by atoms with Gasteiger partial charge in [-0.3, -0.25) is 4.68 Å². The lowest BCUT2D eigenvalue weighted by Gasteiger charge is -2.31. The Morgan fingerprint density at radius 1 is 1.26 bits per heavy atom. The quantitative estimate of drug-likeness (QED) is 0.888. The lowest BCUT2D eigenvalue weighted by atomic mass is 10.1. The normalized spacial score (nSPS) is 16.5. The molecule has 1 N–H and O–H groups in total. The van der Waals surface area contributed by atoms with E-state index < -0.39 is 0 Å². The molecule has 1 saturated heterocycles. The lowest BCUT2D eigenvalue weighted by Crippen LogP contribution is -2.37. The molecule has 0 unspecified atom stereocenters. The summed E-state index contributed by atoms with van der Waals surface area (Å²) in [5.41, 5.74) is 3.87. The summed E-state index contributed by atoms with van der Waals surface area (Å²) in [5, 5.41) is 7.97. The van der Waals surface area contributed by atoms with Gasteiger partial charge in [-0.05, 0) is 31.0 Å². The van der Waals surface area contributed by atoms with Crippen molar-refractivity contribution in [2.45, 2.75) is 33.0 Å². The second kappa shape index (κ2) is 7.62. The van der Waals surface area contributed by atoms with Crippen LogP contribution in [0.3, 0.4) is 0 Å². The molecule has 3 rings (SSSR count). The maximum atomic E-state index is 5.46. The molecule has 23 heavy (non-hydrogen) atoms. The summed E-state index contributed by atoms with van der Waals surface area (Å²) in [6, 6.07) is 9.02. The number of hydrogen-bond acceptors (Lipinski definition) is 4. The van der Waals surface area contributed by atoms with Crippen molar-refractivity contribution in [1.82, 2.24) is 15.1 Å².